The van der Waals surface area contributed by atoms with Crippen LogP contribution in [0.3, 0.4) is 0 Å². The van der Waals surface area contributed by atoms with Gasteiger partial charge in [0.25, 0.3) is 0 Å². The smallest absolute Gasteiger partial charge is 0.337 e. The van der Waals surface area contributed by atoms with E-state index in [0.717, 1.165) is 12.3 Å². The summed E-state index contributed by atoms with van der Waals surface area (Å²) in [6.07, 6.45) is 1.15. The van der Waals surface area contributed by atoms with Gasteiger partial charge in [-0.1, -0.05) is 23.7 Å². The molecule has 0 saturated heterocycles. The maximum atomic E-state index is 13.7. The Hall–Kier alpha value is -2.14. The minimum atomic E-state index is -1.21. The molecule has 0 atom stereocenters. The van der Waals surface area contributed by atoms with Crippen molar-refractivity contribution in [2.24, 2.45) is 0 Å². The average molecular weight is 282 g/mol. The van der Waals surface area contributed by atoms with E-state index in [1.165, 1.54) is 6.07 Å². The Balaban J connectivity index is 2.36. The third-order valence-electron chi connectivity index (χ3n) is 2.43. The molecule has 1 heterocycles. The van der Waals surface area contributed by atoms with E-state index in [1.807, 2.05) is 0 Å². The van der Waals surface area contributed by atoms with Gasteiger partial charge < -0.3 is 9.84 Å². The number of carboxylic acid groups (broad SMARTS) is 1. The summed E-state index contributed by atoms with van der Waals surface area (Å²) in [7, 11) is 0. The molecule has 0 saturated carbocycles. The Morgan fingerprint density at radius 2 is 2.21 bits per heavy atom. The molecule has 4 nitrogen and oxygen atoms in total. The van der Waals surface area contributed by atoms with E-state index in [0.29, 0.717) is 5.56 Å². The molecule has 1 aromatic carbocycles. The van der Waals surface area contributed by atoms with Gasteiger partial charge in [-0.15, -0.1) is 0 Å². The highest BCUT2D eigenvalue weighted by Gasteiger charge is 2.13. The van der Waals surface area contributed by atoms with Gasteiger partial charge in [0, 0.05) is 6.07 Å². The number of carboxylic acids is 1. The minimum absolute atomic E-state index is 0.00966. The number of aromatic carboxylic acids is 1. The van der Waals surface area contributed by atoms with Crippen LogP contribution in [0.25, 0.3) is 0 Å². The van der Waals surface area contributed by atoms with Crippen LogP contribution in [0.15, 0.2) is 30.5 Å². The van der Waals surface area contributed by atoms with Crippen molar-refractivity contribution in [2.75, 3.05) is 0 Å². The molecule has 0 unspecified atom stereocenters. The van der Waals surface area contributed by atoms with Crippen LogP contribution in [0.5, 0.6) is 11.6 Å². The van der Waals surface area contributed by atoms with Gasteiger partial charge in [-0.2, -0.15) is 0 Å². The van der Waals surface area contributed by atoms with E-state index in [2.05, 4.69) is 4.98 Å². The van der Waals surface area contributed by atoms with Crippen LogP contribution < -0.4 is 4.74 Å². The molecule has 0 bridgehead atoms. The van der Waals surface area contributed by atoms with Crippen LogP contribution in [0.2, 0.25) is 5.02 Å². The summed E-state index contributed by atoms with van der Waals surface area (Å²) in [6.45, 7) is 1.60. The van der Waals surface area contributed by atoms with Crippen molar-refractivity contribution in [3.63, 3.8) is 0 Å². The number of halogens is 2. The van der Waals surface area contributed by atoms with Crippen molar-refractivity contribution in [1.82, 2.24) is 4.98 Å². The molecule has 0 aliphatic rings. The van der Waals surface area contributed by atoms with Crippen LogP contribution >= 0.6 is 11.6 Å². The highest BCUT2D eigenvalue weighted by molar-refractivity contribution is 6.33. The lowest BCUT2D eigenvalue weighted by Crippen LogP contribution is -2.00. The summed E-state index contributed by atoms with van der Waals surface area (Å²) in [6, 6.07) is 5.80. The fourth-order valence-corrected chi connectivity index (χ4v) is 1.64. The molecular formula is C13H9ClFNO3. The normalized spacial score (nSPS) is 10.3. The molecule has 0 aliphatic heterocycles. The first-order chi connectivity index (χ1) is 8.99. The highest BCUT2D eigenvalue weighted by atomic mass is 35.5. The predicted molar refractivity (Wildman–Crippen MR) is 67.4 cm³/mol. The predicted octanol–water partition coefficient (Wildman–Crippen LogP) is 3.67. The van der Waals surface area contributed by atoms with Crippen LogP contribution in [0, 0.1) is 12.7 Å². The zero-order valence-corrected chi connectivity index (χ0v) is 10.6. The van der Waals surface area contributed by atoms with Gasteiger partial charge in [-0.05, 0) is 18.6 Å². The highest BCUT2D eigenvalue weighted by Crippen LogP contribution is 2.27. The molecule has 6 heteroatoms. The number of benzene rings is 1. The molecule has 1 aromatic heterocycles. The van der Waals surface area contributed by atoms with Gasteiger partial charge in [0.05, 0.1) is 16.8 Å². The molecule has 0 amide bonds. The molecule has 0 aliphatic carbocycles. The van der Waals surface area contributed by atoms with Gasteiger partial charge in [0.2, 0.25) is 5.88 Å². The van der Waals surface area contributed by atoms with Crippen molar-refractivity contribution in [2.45, 2.75) is 6.92 Å². The third kappa shape index (κ3) is 2.82. The molecule has 2 aromatic rings. The number of carbonyl (C=O) groups is 1. The molecular weight excluding hydrogens is 273 g/mol. The average Bonchev–Trinajstić information content (AvgIpc) is 2.37. The van der Waals surface area contributed by atoms with Gasteiger partial charge in [0.15, 0.2) is 11.6 Å². The second kappa shape index (κ2) is 5.24. The first kappa shape index (κ1) is 13.3. The maximum Gasteiger partial charge on any atom is 0.337 e. The van der Waals surface area contributed by atoms with Gasteiger partial charge in [0.1, 0.15) is 0 Å². The summed E-state index contributed by atoms with van der Waals surface area (Å²) in [5, 5.41) is 8.90. The summed E-state index contributed by atoms with van der Waals surface area (Å²) in [5.41, 5.74) is 0.268. The lowest BCUT2D eigenvalue weighted by Gasteiger charge is -2.08. The van der Waals surface area contributed by atoms with E-state index in [-0.39, 0.29) is 22.2 Å². The van der Waals surface area contributed by atoms with Crippen LogP contribution in [-0.4, -0.2) is 16.1 Å². The van der Waals surface area contributed by atoms with E-state index in [1.54, 1.807) is 19.1 Å². The Kier molecular flexibility index (Phi) is 3.66. The zero-order valence-electron chi connectivity index (χ0n) is 9.85. The SMILES string of the molecule is Cc1cccc(Oc2cc(C(=O)O)c(Cl)cn2)c1F. The topological polar surface area (TPSA) is 59.4 Å². The zero-order chi connectivity index (χ0) is 14.0. The second-order valence-electron chi connectivity index (χ2n) is 3.80. The quantitative estimate of drug-likeness (QED) is 0.932. The second-order valence-corrected chi connectivity index (χ2v) is 4.20. The van der Waals surface area contributed by atoms with Crippen LogP contribution in [0.1, 0.15) is 15.9 Å². The Labute approximate surface area is 113 Å². The molecule has 0 fully saturated rings. The number of ether oxygens (including phenoxy) is 1. The summed E-state index contributed by atoms with van der Waals surface area (Å²) in [5.74, 6) is -1.78. The monoisotopic (exact) mass is 281 g/mol. The lowest BCUT2D eigenvalue weighted by atomic mass is 10.2. The van der Waals surface area contributed by atoms with E-state index in [4.69, 9.17) is 21.4 Å². The Morgan fingerprint density at radius 3 is 2.89 bits per heavy atom. The fraction of sp³-hybridized carbons (Fsp3) is 0.0769. The molecule has 0 radical (unpaired) electrons. The van der Waals surface area contributed by atoms with Crippen molar-refractivity contribution >= 4 is 17.6 Å². The van der Waals surface area contributed by atoms with Crippen molar-refractivity contribution in [3.05, 3.63) is 52.4 Å². The first-order valence-corrected chi connectivity index (χ1v) is 5.68. The van der Waals surface area contributed by atoms with E-state index >= 15 is 0 Å². The van der Waals surface area contributed by atoms with Gasteiger partial charge >= 0.3 is 5.97 Å². The molecule has 2 rings (SSSR count). The third-order valence-corrected chi connectivity index (χ3v) is 2.73. The number of rotatable bonds is 3. The number of aromatic nitrogens is 1. The first-order valence-electron chi connectivity index (χ1n) is 5.31. The van der Waals surface area contributed by atoms with Crippen molar-refractivity contribution < 1.29 is 19.0 Å². The summed E-state index contributed by atoms with van der Waals surface area (Å²) >= 11 is 5.68. The number of hydrogen-bond acceptors (Lipinski definition) is 3. The number of aryl methyl sites for hydroxylation is 1. The van der Waals surface area contributed by atoms with E-state index < -0.39 is 11.8 Å². The molecule has 19 heavy (non-hydrogen) atoms. The summed E-state index contributed by atoms with van der Waals surface area (Å²) in [4.78, 5) is 14.7. The standard InChI is InChI=1S/C13H9ClFNO3/c1-7-3-2-4-10(12(7)15)19-11-5-8(13(17)18)9(14)6-16-11/h2-6H,1H3,(H,17,18). The number of pyridine rings is 1. The maximum absolute atomic E-state index is 13.7. The van der Waals surface area contributed by atoms with Crippen molar-refractivity contribution in [3.8, 4) is 11.6 Å². The largest absolute Gasteiger partial charge is 0.478 e. The van der Waals surface area contributed by atoms with E-state index in [9.17, 15) is 9.18 Å². The van der Waals surface area contributed by atoms with Gasteiger partial charge in [-0.3, -0.25) is 0 Å². The molecule has 1 N–H and O–H groups in total. The molecule has 98 valence electrons. The van der Waals surface area contributed by atoms with Gasteiger partial charge in [-0.25, -0.2) is 14.2 Å². The Morgan fingerprint density at radius 1 is 1.47 bits per heavy atom. The number of nitrogens with zero attached hydrogens (tertiary/aromatic N) is 1. The fourth-order valence-electron chi connectivity index (χ4n) is 1.45. The summed E-state index contributed by atoms with van der Waals surface area (Å²) < 4.78 is 19.0. The van der Waals surface area contributed by atoms with Crippen molar-refractivity contribution in [1.29, 1.82) is 0 Å². The Bertz CT molecular complexity index is 646. The minimum Gasteiger partial charge on any atom is -0.478 e. The van der Waals surface area contributed by atoms with Crippen LogP contribution in [-0.2, 0) is 0 Å². The number of hydrogen-bond donors (Lipinski definition) is 1. The van der Waals surface area contributed by atoms with Crippen LogP contribution in [0.4, 0.5) is 4.39 Å². The molecule has 0 spiro atoms. The lowest BCUT2D eigenvalue weighted by molar-refractivity contribution is 0.0696.